The van der Waals surface area contributed by atoms with Gasteiger partial charge in [-0.1, -0.05) is 0 Å². The number of halogens is 1. The van der Waals surface area contributed by atoms with Crippen molar-refractivity contribution in [2.45, 2.75) is 13.3 Å². The Morgan fingerprint density at radius 2 is 2.33 bits per heavy atom. The molecule has 3 nitrogen and oxygen atoms in total. The number of nitrogens with zero attached hydrogens (tertiary/aromatic N) is 1. The van der Waals surface area contributed by atoms with Gasteiger partial charge in [0, 0.05) is 12.5 Å². The molecule has 0 unspecified atom stereocenters. The van der Waals surface area contributed by atoms with E-state index in [4.69, 9.17) is 10.00 Å². The van der Waals surface area contributed by atoms with E-state index in [1.54, 1.807) is 6.07 Å². The summed E-state index contributed by atoms with van der Waals surface area (Å²) in [5, 5.41) is 8.48. The summed E-state index contributed by atoms with van der Waals surface area (Å²) >= 11 is 0. The SMILES string of the molecule is CC(=O)CCOc1ccc(C#N)c(F)c1. The minimum Gasteiger partial charge on any atom is -0.493 e. The lowest BCUT2D eigenvalue weighted by Gasteiger charge is -2.04. The van der Waals surface area contributed by atoms with Crippen LogP contribution in [-0.2, 0) is 4.79 Å². The summed E-state index contributed by atoms with van der Waals surface area (Å²) in [6.07, 6.45) is 0.293. The Kier molecular flexibility index (Phi) is 3.81. The Hall–Kier alpha value is -1.89. The van der Waals surface area contributed by atoms with E-state index in [-0.39, 0.29) is 18.0 Å². The van der Waals surface area contributed by atoms with Gasteiger partial charge in [-0.15, -0.1) is 0 Å². The number of nitriles is 1. The Labute approximate surface area is 87.1 Å². The summed E-state index contributed by atoms with van der Waals surface area (Å²) in [4.78, 5) is 10.6. The summed E-state index contributed by atoms with van der Waals surface area (Å²) in [5.41, 5.74) is -0.0195. The van der Waals surface area contributed by atoms with Crippen LogP contribution in [0.1, 0.15) is 18.9 Å². The van der Waals surface area contributed by atoms with Gasteiger partial charge in [0.05, 0.1) is 12.2 Å². The number of Topliss-reactive ketones (excluding diaryl/α,β-unsaturated/α-hetero) is 1. The first-order chi connectivity index (χ1) is 7.13. The van der Waals surface area contributed by atoms with E-state index >= 15 is 0 Å². The van der Waals surface area contributed by atoms with E-state index in [0.29, 0.717) is 12.2 Å². The molecule has 0 fully saturated rings. The molecule has 1 rings (SSSR count). The van der Waals surface area contributed by atoms with Crippen LogP contribution in [0.3, 0.4) is 0 Å². The number of ketones is 1. The first-order valence-electron chi connectivity index (χ1n) is 4.45. The Morgan fingerprint density at radius 1 is 1.60 bits per heavy atom. The molecule has 0 radical (unpaired) electrons. The van der Waals surface area contributed by atoms with Crippen molar-refractivity contribution < 1.29 is 13.9 Å². The lowest BCUT2D eigenvalue weighted by atomic mass is 10.2. The first-order valence-corrected chi connectivity index (χ1v) is 4.45. The van der Waals surface area contributed by atoms with E-state index in [9.17, 15) is 9.18 Å². The summed E-state index contributed by atoms with van der Waals surface area (Å²) in [5.74, 6) is -0.269. The molecular formula is C11H10FNO2. The van der Waals surface area contributed by atoms with Gasteiger partial charge < -0.3 is 4.74 Å². The van der Waals surface area contributed by atoms with Crippen molar-refractivity contribution in [1.82, 2.24) is 0 Å². The normalized spacial score (nSPS) is 9.40. The molecule has 15 heavy (non-hydrogen) atoms. The lowest BCUT2D eigenvalue weighted by Crippen LogP contribution is -2.02. The zero-order valence-electron chi connectivity index (χ0n) is 8.29. The Morgan fingerprint density at radius 3 is 2.87 bits per heavy atom. The lowest BCUT2D eigenvalue weighted by molar-refractivity contribution is -0.117. The third-order valence-corrected chi connectivity index (χ3v) is 1.78. The predicted molar refractivity (Wildman–Crippen MR) is 51.9 cm³/mol. The number of carbonyl (C=O) groups is 1. The van der Waals surface area contributed by atoms with Crippen molar-refractivity contribution in [3.63, 3.8) is 0 Å². The van der Waals surface area contributed by atoms with Crippen molar-refractivity contribution in [2.24, 2.45) is 0 Å². The van der Waals surface area contributed by atoms with Crippen molar-refractivity contribution in [3.05, 3.63) is 29.6 Å². The van der Waals surface area contributed by atoms with Gasteiger partial charge in [0.25, 0.3) is 0 Å². The predicted octanol–water partition coefficient (Wildman–Crippen LogP) is 2.06. The van der Waals surface area contributed by atoms with E-state index < -0.39 is 5.82 Å². The smallest absolute Gasteiger partial charge is 0.144 e. The molecule has 0 bridgehead atoms. The zero-order chi connectivity index (χ0) is 11.3. The maximum atomic E-state index is 13.1. The Bertz CT molecular complexity index is 410. The highest BCUT2D eigenvalue weighted by atomic mass is 19.1. The maximum absolute atomic E-state index is 13.1. The van der Waals surface area contributed by atoms with Gasteiger partial charge in [-0.05, 0) is 19.1 Å². The molecular weight excluding hydrogens is 197 g/mol. The van der Waals surface area contributed by atoms with Gasteiger partial charge >= 0.3 is 0 Å². The number of hydrogen-bond donors (Lipinski definition) is 0. The van der Waals surface area contributed by atoms with Crippen LogP contribution in [0.15, 0.2) is 18.2 Å². The second-order valence-corrected chi connectivity index (χ2v) is 3.05. The van der Waals surface area contributed by atoms with Crippen LogP contribution in [0.5, 0.6) is 5.75 Å². The van der Waals surface area contributed by atoms with Crippen LogP contribution in [0, 0.1) is 17.1 Å². The molecule has 0 saturated carbocycles. The summed E-state index contributed by atoms with van der Waals surface area (Å²) < 4.78 is 18.2. The van der Waals surface area contributed by atoms with Crippen molar-refractivity contribution >= 4 is 5.78 Å². The van der Waals surface area contributed by atoms with Crippen LogP contribution >= 0.6 is 0 Å². The molecule has 0 heterocycles. The van der Waals surface area contributed by atoms with Gasteiger partial charge in [0.2, 0.25) is 0 Å². The molecule has 1 aromatic rings. The largest absolute Gasteiger partial charge is 0.493 e. The second-order valence-electron chi connectivity index (χ2n) is 3.05. The zero-order valence-corrected chi connectivity index (χ0v) is 8.29. The van der Waals surface area contributed by atoms with E-state index in [1.807, 2.05) is 0 Å². The number of carbonyl (C=O) groups excluding carboxylic acids is 1. The summed E-state index contributed by atoms with van der Waals surface area (Å²) in [6, 6.07) is 5.70. The number of ether oxygens (including phenoxy) is 1. The molecule has 0 saturated heterocycles. The third kappa shape index (κ3) is 3.39. The molecule has 1 aromatic carbocycles. The van der Waals surface area contributed by atoms with Crippen molar-refractivity contribution in [3.8, 4) is 11.8 Å². The summed E-state index contributed by atoms with van der Waals surface area (Å²) in [6.45, 7) is 1.68. The third-order valence-electron chi connectivity index (χ3n) is 1.78. The molecule has 78 valence electrons. The van der Waals surface area contributed by atoms with Crippen LogP contribution in [0.4, 0.5) is 4.39 Å². The van der Waals surface area contributed by atoms with Crippen molar-refractivity contribution in [2.75, 3.05) is 6.61 Å². The second kappa shape index (κ2) is 5.11. The molecule has 0 N–H and O–H groups in total. The number of hydrogen-bond acceptors (Lipinski definition) is 3. The van der Waals surface area contributed by atoms with Gasteiger partial charge in [0.15, 0.2) is 0 Å². The maximum Gasteiger partial charge on any atom is 0.144 e. The fourth-order valence-electron chi connectivity index (χ4n) is 0.989. The molecule has 0 aliphatic rings. The minimum absolute atomic E-state index is 0.0177. The van der Waals surface area contributed by atoms with Gasteiger partial charge in [-0.2, -0.15) is 5.26 Å². The molecule has 0 amide bonds. The number of rotatable bonds is 4. The first kappa shape index (κ1) is 11.2. The monoisotopic (exact) mass is 207 g/mol. The quantitative estimate of drug-likeness (QED) is 0.759. The van der Waals surface area contributed by atoms with Crippen LogP contribution in [0.25, 0.3) is 0 Å². The highest BCUT2D eigenvalue weighted by molar-refractivity contribution is 5.75. The standard InChI is InChI=1S/C11H10FNO2/c1-8(14)4-5-15-10-3-2-9(7-13)11(12)6-10/h2-3,6H,4-5H2,1H3. The average Bonchev–Trinajstić information content (AvgIpc) is 2.17. The summed E-state index contributed by atoms with van der Waals surface area (Å²) in [7, 11) is 0. The van der Waals surface area contributed by atoms with Gasteiger partial charge in [-0.3, -0.25) is 4.79 Å². The molecule has 0 aliphatic carbocycles. The molecule has 0 aliphatic heterocycles. The van der Waals surface area contributed by atoms with E-state index in [1.165, 1.54) is 19.1 Å². The van der Waals surface area contributed by atoms with Crippen LogP contribution in [-0.4, -0.2) is 12.4 Å². The molecule has 0 atom stereocenters. The fourth-order valence-corrected chi connectivity index (χ4v) is 0.989. The fraction of sp³-hybridized carbons (Fsp3) is 0.273. The molecule has 4 heteroatoms. The number of benzene rings is 1. The van der Waals surface area contributed by atoms with Crippen LogP contribution in [0.2, 0.25) is 0 Å². The van der Waals surface area contributed by atoms with Crippen molar-refractivity contribution in [1.29, 1.82) is 5.26 Å². The van der Waals surface area contributed by atoms with E-state index in [2.05, 4.69) is 0 Å². The highest BCUT2D eigenvalue weighted by Gasteiger charge is 2.03. The van der Waals surface area contributed by atoms with Gasteiger partial charge in [-0.25, -0.2) is 4.39 Å². The van der Waals surface area contributed by atoms with Gasteiger partial charge in [0.1, 0.15) is 23.4 Å². The average molecular weight is 207 g/mol. The Balaban J connectivity index is 2.60. The minimum atomic E-state index is -0.613. The molecule has 0 aromatic heterocycles. The topological polar surface area (TPSA) is 50.1 Å². The molecule has 0 spiro atoms. The highest BCUT2D eigenvalue weighted by Crippen LogP contribution is 2.16. The van der Waals surface area contributed by atoms with Crippen LogP contribution < -0.4 is 4.74 Å². The van der Waals surface area contributed by atoms with E-state index in [0.717, 1.165) is 6.07 Å².